The van der Waals surface area contributed by atoms with Crippen molar-refractivity contribution in [2.75, 3.05) is 34.2 Å². The molecule has 52 heavy (non-hydrogen) atoms. The van der Waals surface area contributed by atoms with Crippen LogP contribution in [0.1, 0.15) is 35.6 Å². The number of carbonyl (C=O) groups excluding carboxylic acids is 3. The Bertz CT molecular complexity index is 1700. The van der Waals surface area contributed by atoms with Crippen molar-refractivity contribution in [1.82, 2.24) is 0 Å². The molecule has 2 aromatic rings. The molecule has 0 radical (unpaired) electrons. The van der Waals surface area contributed by atoms with Crippen LogP contribution in [0.3, 0.4) is 0 Å². The second-order valence-corrected chi connectivity index (χ2v) is 14.6. The third kappa shape index (κ3) is 6.74. The molecule has 15 nitrogen and oxygen atoms in total. The molecule has 1 unspecified atom stereocenters. The maximum atomic E-state index is 13.7. The highest BCUT2D eigenvalue weighted by Crippen LogP contribution is 2.57. The molecule has 0 spiro atoms. The molecule has 0 amide bonds. The topological polar surface area (TPSA) is 173 Å². The number of phenols is 1. The van der Waals surface area contributed by atoms with Crippen LogP contribution in [0, 0.1) is 11.8 Å². The van der Waals surface area contributed by atoms with E-state index in [-0.39, 0.29) is 37.3 Å². The standard InChI is InChI=1S/C33H32Cl4O15/c1-11-44-9-20-25(48-11)26(50-31(40)28(34)35)27(51-32(41)29(36)37)33(49-20)52-24-14-7-17-16(46-10-47-17)6-13(14)21(22-15(24)8-45-30(22)39)12-4-18(42-2)23(38)19(5-12)43-3/h4-7,11,15,20-22,24-29,33,38H,8-10H2,1-3H3/t11?,15-,20+,21+,22-,24+,25+,26-,27+,33-/m0/s1. The van der Waals surface area contributed by atoms with Crippen LogP contribution < -0.4 is 18.9 Å². The van der Waals surface area contributed by atoms with Crippen molar-refractivity contribution in [1.29, 1.82) is 0 Å². The van der Waals surface area contributed by atoms with Crippen molar-refractivity contribution in [2.24, 2.45) is 11.8 Å². The maximum absolute atomic E-state index is 13.7. The predicted octanol–water partition coefficient (Wildman–Crippen LogP) is 4.05. The van der Waals surface area contributed by atoms with E-state index in [1.807, 2.05) is 0 Å². The number of phenolic OH excluding ortho intramolecular Hbond substituents is 1. The SMILES string of the molecule is COc1cc([C@@H]2c3cc4c(cc3[C@@H](O[C@@H]3O[C@@H]5COC(C)O[C@H]5[C@H](OC(=O)C(Cl)Cl)[C@H]3OC(=O)C(Cl)Cl)[C@H]3COC(=O)[C@H]23)OCO4)cc(OC)c1O. The molecule has 282 valence electrons. The van der Waals surface area contributed by atoms with E-state index < -0.39 is 88.4 Å². The van der Waals surface area contributed by atoms with Gasteiger partial charge in [-0.05, 0) is 47.9 Å². The molecule has 0 saturated carbocycles. The van der Waals surface area contributed by atoms with Gasteiger partial charge in [-0.1, -0.05) is 46.4 Å². The molecule has 19 heteroatoms. The zero-order valence-corrected chi connectivity index (χ0v) is 30.6. The summed E-state index contributed by atoms with van der Waals surface area (Å²) in [6.07, 6.45) is -8.18. The lowest BCUT2D eigenvalue weighted by molar-refractivity contribution is -0.365. The Hall–Kier alpha value is -3.15. The number of esters is 3. The Labute approximate surface area is 316 Å². The maximum Gasteiger partial charge on any atom is 0.340 e. The van der Waals surface area contributed by atoms with Crippen molar-refractivity contribution >= 4 is 64.3 Å². The fraction of sp³-hybridized carbons (Fsp3) is 0.545. The first-order chi connectivity index (χ1) is 24.9. The molecule has 4 heterocycles. The number of carbonyl (C=O) groups is 3. The number of aromatic hydroxyl groups is 1. The Balaban J connectivity index is 1.34. The van der Waals surface area contributed by atoms with Crippen molar-refractivity contribution in [3.63, 3.8) is 0 Å². The summed E-state index contributed by atoms with van der Waals surface area (Å²) < 4.78 is 64.1. The average Bonchev–Trinajstić information content (AvgIpc) is 3.74. The number of rotatable bonds is 9. The quantitative estimate of drug-likeness (QED) is 0.218. The van der Waals surface area contributed by atoms with Crippen LogP contribution in [0.15, 0.2) is 24.3 Å². The summed E-state index contributed by atoms with van der Waals surface area (Å²) in [5.74, 6) is -4.09. The Morgan fingerprint density at radius 1 is 0.846 bits per heavy atom. The van der Waals surface area contributed by atoms with Crippen molar-refractivity contribution in [2.45, 2.75) is 65.6 Å². The molecule has 0 bridgehead atoms. The number of hydrogen-bond acceptors (Lipinski definition) is 15. The highest BCUT2D eigenvalue weighted by atomic mass is 35.5. The molecule has 10 atom stereocenters. The summed E-state index contributed by atoms with van der Waals surface area (Å²) >= 11 is 23.5. The first-order valence-electron chi connectivity index (χ1n) is 16.0. The number of hydrogen-bond donors (Lipinski definition) is 1. The van der Waals surface area contributed by atoms with Crippen LogP contribution in [-0.2, 0) is 47.5 Å². The highest BCUT2D eigenvalue weighted by Gasteiger charge is 2.58. The van der Waals surface area contributed by atoms with Crippen molar-refractivity contribution in [3.05, 3.63) is 41.0 Å². The van der Waals surface area contributed by atoms with E-state index in [1.54, 1.807) is 31.2 Å². The van der Waals surface area contributed by atoms with Gasteiger partial charge >= 0.3 is 17.9 Å². The molecular formula is C33H32Cl4O15. The lowest BCUT2D eigenvalue weighted by Crippen LogP contribution is -2.65. The van der Waals surface area contributed by atoms with Gasteiger partial charge < -0.3 is 57.2 Å². The van der Waals surface area contributed by atoms with Crippen LogP contribution in [0.2, 0.25) is 0 Å². The predicted molar refractivity (Wildman–Crippen MR) is 177 cm³/mol. The summed E-state index contributed by atoms with van der Waals surface area (Å²) in [6, 6.07) is 6.68. The van der Waals surface area contributed by atoms with E-state index in [0.717, 1.165) is 0 Å². The van der Waals surface area contributed by atoms with Gasteiger partial charge in [-0.3, -0.25) is 4.79 Å². The number of halogens is 4. The molecule has 2 aromatic carbocycles. The lowest BCUT2D eigenvalue weighted by Gasteiger charge is -2.49. The first-order valence-corrected chi connectivity index (χ1v) is 17.7. The van der Waals surface area contributed by atoms with E-state index in [2.05, 4.69) is 0 Å². The van der Waals surface area contributed by atoms with E-state index in [0.29, 0.717) is 28.2 Å². The normalized spacial score (nSPS) is 31.7. The van der Waals surface area contributed by atoms with Gasteiger partial charge in [0.1, 0.15) is 12.2 Å². The summed E-state index contributed by atoms with van der Waals surface area (Å²) in [5.41, 5.74) is 1.69. The van der Waals surface area contributed by atoms with Crippen LogP contribution >= 0.6 is 46.4 Å². The third-order valence-electron chi connectivity index (χ3n) is 9.56. The van der Waals surface area contributed by atoms with Gasteiger partial charge in [0, 0.05) is 11.8 Å². The number of benzene rings is 2. The van der Waals surface area contributed by atoms with Gasteiger partial charge in [-0.25, -0.2) is 9.59 Å². The largest absolute Gasteiger partial charge is 0.502 e. The van der Waals surface area contributed by atoms with Crippen LogP contribution in [0.25, 0.3) is 0 Å². The van der Waals surface area contributed by atoms with Crippen molar-refractivity contribution < 1.29 is 71.6 Å². The summed E-state index contributed by atoms with van der Waals surface area (Å²) in [7, 11) is 2.79. The lowest BCUT2D eigenvalue weighted by atomic mass is 9.66. The Morgan fingerprint density at radius 3 is 2.08 bits per heavy atom. The molecular weight excluding hydrogens is 778 g/mol. The number of alkyl halides is 4. The second-order valence-electron chi connectivity index (χ2n) is 12.4. The van der Waals surface area contributed by atoms with Crippen LogP contribution in [0.4, 0.5) is 0 Å². The first kappa shape index (κ1) is 37.2. The van der Waals surface area contributed by atoms with Crippen LogP contribution in [-0.4, -0.2) is 104 Å². The third-order valence-corrected chi connectivity index (χ3v) is 10.3. The molecule has 7 rings (SSSR count). The molecule has 1 N–H and O–H groups in total. The second kappa shape index (κ2) is 14.9. The van der Waals surface area contributed by atoms with Gasteiger partial charge in [-0.15, -0.1) is 0 Å². The minimum atomic E-state index is -1.64. The summed E-state index contributed by atoms with van der Waals surface area (Å²) in [4.78, 5) is 36.2. The smallest absolute Gasteiger partial charge is 0.340 e. The highest BCUT2D eigenvalue weighted by molar-refractivity contribution is 6.53. The zero-order valence-electron chi connectivity index (χ0n) is 27.5. The molecule has 0 aromatic heterocycles. The molecule has 5 aliphatic rings. The summed E-state index contributed by atoms with van der Waals surface area (Å²) in [6.45, 7) is 1.46. The molecule has 3 fully saturated rings. The van der Waals surface area contributed by atoms with Gasteiger partial charge in [0.2, 0.25) is 22.2 Å². The van der Waals surface area contributed by atoms with E-state index in [1.165, 1.54) is 14.2 Å². The number of fused-ring (bicyclic) bond motifs is 4. The van der Waals surface area contributed by atoms with Gasteiger partial charge in [0.15, 0.2) is 47.8 Å². The number of cyclic esters (lactones) is 1. The Kier molecular flexibility index (Phi) is 10.7. The van der Waals surface area contributed by atoms with Gasteiger partial charge in [0.05, 0.1) is 39.5 Å². The zero-order chi connectivity index (χ0) is 37.0. The molecule has 1 aliphatic carbocycles. The number of methoxy groups -OCH3 is 2. The summed E-state index contributed by atoms with van der Waals surface area (Å²) in [5, 5.41) is 10.7. The fourth-order valence-corrected chi connectivity index (χ4v) is 7.54. The fourth-order valence-electron chi connectivity index (χ4n) is 7.33. The van der Waals surface area contributed by atoms with Gasteiger partial charge in [-0.2, -0.15) is 0 Å². The average molecular weight is 810 g/mol. The minimum Gasteiger partial charge on any atom is -0.502 e. The Morgan fingerprint density at radius 2 is 1.46 bits per heavy atom. The molecule has 3 saturated heterocycles. The van der Waals surface area contributed by atoms with Crippen molar-refractivity contribution in [3.8, 4) is 28.7 Å². The van der Waals surface area contributed by atoms with Crippen LogP contribution in [0.5, 0.6) is 28.7 Å². The van der Waals surface area contributed by atoms with E-state index in [4.69, 9.17) is 98.5 Å². The molecule has 4 aliphatic heterocycles. The van der Waals surface area contributed by atoms with E-state index in [9.17, 15) is 19.5 Å². The van der Waals surface area contributed by atoms with Gasteiger partial charge in [0.25, 0.3) is 0 Å². The number of ether oxygens (including phenoxy) is 11. The monoisotopic (exact) mass is 808 g/mol. The van der Waals surface area contributed by atoms with E-state index >= 15 is 0 Å². The minimum absolute atomic E-state index is 0.0284.